The number of allylic oxidation sites excluding steroid dienone is 4. The molecular weight excluding hydrogens is 657 g/mol. The van der Waals surface area contributed by atoms with Crippen LogP contribution in [0.15, 0.2) is 54.1 Å². The summed E-state index contributed by atoms with van der Waals surface area (Å²) in [4.78, 5) is 0. The van der Waals surface area contributed by atoms with Gasteiger partial charge in [-0.1, -0.05) is 121 Å². The lowest BCUT2D eigenvalue weighted by Crippen LogP contribution is -2.18. The van der Waals surface area contributed by atoms with Crippen LogP contribution in [0.25, 0.3) is 11.1 Å². The summed E-state index contributed by atoms with van der Waals surface area (Å²) in [6.45, 7) is 6.79. The highest BCUT2D eigenvalue weighted by atomic mass is 127. The standard InChI is InChI=1S/C23H19I3/c1-12-4-6-14-16-11-21-17(10-19(16)22(3,24)18(14)8-12)15-7-5-13(2)9-20(15)23(21,25)26/h4-11,15,20H,1-3H3. The van der Waals surface area contributed by atoms with Crippen LogP contribution in [0, 0.1) is 12.8 Å². The minimum Gasteiger partial charge on any atom is -0.0761 e. The van der Waals surface area contributed by atoms with Gasteiger partial charge in [0.05, 0.1) is 3.42 Å². The summed E-state index contributed by atoms with van der Waals surface area (Å²) in [6, 6.07) is 12.0. The molecule has 0 bridgehead atoms. The maximum atomic E-state index is 2.69. The predicted molar refractivity (Wildman–Crippen MR) is 136 cm³/mol. The minimum absolute atomic E-state index is 0.0465. The van der Waals surface area contributed by atoms with Crippen LogP contribution < -0.4 is 0 Å². The topological polar surface area (TPSA) is 0 Å². The van der Waals surface area contributed by atoms with Crippen LogP contribution in [0.5, 0.6) is 0 Å². The van der Waals surface area contributed by atoms with Crippen LogP contribution in [0.3, 0.4) is 0 Å². The van der Waals surface area contributed by atoms with Gasteiger partial charge >= 0.3 is 0 Å². The lowest BCUT2D eigenvalue weighted by atomic mass is 9.85. The van der Waals surface area contributed by atoms with E-state index in [-0.39, 0.29) is 4.85 Å². The molecule has 2 aromatic carbocycles. The average Bonchev–Trinajstić information content (AvgIpc) is 2.93. The molecule has 3 aliphatic carbocycles. The Bertz CT molecular complexity index is 1020. The van der Waals surface area contributed by atoms with Crippen molar-refractivity contribution in [3.05, 3.63) is 82.0 Å². The summed E-state index contributed by atoms with van der Waals surface area (Å²) in [6.07, 6.45) is 7.21. The zero-order valence-electron chi connectivity index (χ0n) is 14.9. The number of alkyl halides is 3. The van der Waals surface area contributed by atoms with Crippen molar-refractivity contribution in [1.82, 2.24) is 0 Å². The van der Waals surface area contributed by atoms with E-state index in [0.29, 0.717) is 11.8 Å². The first-order valence-electron chi connectivity index (χ1n) is 8.95. The van der Waals surface area contributed by atoms with Gasteiger partial charge in [0.2, 0.25) is 0 Å². The Hall–Kier alpha value is 0.110. The predicted octanol–water partition coefficient (Wildman–Crippen LogP) is 7.93. The number of hydrogen-bond acceptors (Lipinski definition) is 0. The fourth-order valence-electron chi connectivity index (χ4n) is 4.84. The molecule has 0 radical (unpaired) electrons. The third-order valence-corrected chi connectivity index (χ3v) is 9.96. The quantitative estimate of drug-likeness (QED) is 0.197. The molecule has 2 aromatic rings. The van der Waals surface area contributed by atoms with Crippen molar-refractivity contribution in [2.24, 2.45) is 5.92 Å². The van der Waals surface area contributed by atoms with E-state index in [2.05, 4.69) is 137 Å². The maximum absolute atomic E-state index is 2.69. The second-order valence-corrected chi connectivity index (χ2v) is 15.6. The molecule has 0 aromatic heterocycles. The summed E-state index contributed by atoms with van der Waals surface area (Å²) in [5.41, 5.74) is 11.6. The zero-order chi connectivity index (χ0) is 18.4. The van der Waals surface area contributed by atoms with Gasteiger partial charge in [-0.05, 0) is 60.2 Å². The van der Waals surface area contributed by atoms with Gasteiger partial charge < -0.3 is 0 Å². The van der Waals surface area contributed by atoms with Crippen LogP contribution in [0.1, 0.15) is 47.6 Å². The molecule has 26 heavy (non-hydrogen) atoms. The molecule has 0 fully saturated rings. The van der Waals surface area contributed by atoms with Gasteiger partial charge in [0.1, 0.15) is 1.43 Å². The van der Waals surface area contributed by atoms with Crippen molar-refractivity contribution in [3.63, 3.8) is 0 Å². The van der Waals surface area contributed by atoms with Gasteiger partial charge in [-0.15, -0.1) is 0 Å². The lowest BCUT2D eigenvalue weighted by molar-refractivity contribution is 0.614. The first-order chi connectivity index (χ1) is 12.2. The number of hydrogen-bond donors (Lipinski definition) is 0. The van der Waals surface area contributed by atoms with E-state index in [1.54, 1.807) is 0 Å². The molecule has 132 valence electrons. The molecule has 5 rings (SSSR count). The van der Waals surface area contributed by atoms with E-state index in [1.165, 1.54) is 44.5 Å². The highest BCUT2D eigenvalue weighted by molar-refractivity contribution is 14.2. The minimum atomic E-state index is 0.0465. The van der Waals surface area contributed by atoms with Crippen LogP contribution in [-0.4, -0.2) is 0 Å². The van der Waals surface area contributed by atoms with Gasteiger partial charge in [0.15, 0.2) is 0 Å². The van der Waals surface area contributed by atoms with Gasteiger partial charge in [0.25, 0.3) is 0 Å². The molecule has 0 spiro atoms. The molecule has 0 nitrogen and oxygen atoms in total. The van der Waals surface area contributed by atoms with Crippen molar-refractivity contribution in [1.29, 1.82) is 0 Å². The molecule has 3 unspecified atom stereocenters. The summed E-state index contributed by atoms with van der Waals surface area (Å²) in [5, 5.41) is 0. The average molecular weight is 676 g/mol. The van der Waals surface area contributed by atoms with Gasteiger partial charge in [0, 0.05) is 11.8 Å². The molecule has 0 N–H and O–H groups in total. The smallest absolute Gasteiger partial charge is 0.0761 e. The Morgan fingerprint density at radius 3 is 2.38 bits per heavy atom. The Morgan fingerprint density at radius 2 is 1.62 bits per heavy atom. The summed E-state index contributed by atoms with van der Waals surface area (Å²) in [5.74, 6) is 1.05. The van der Waals surface area contributed by atoms with Gasteiger partial charge in [-0.25, -0.2) is 0 Å². The first kappa shape index (κ1) is 18.2. The Kier molecular flexibility index (Phi) is 4.06. The third-order valence-electron chi connectivity index (χ3n) is 6.20. The lowest BCUT2D eigenvalue weighted by Gasteiger charge is -2.27. The molecule has 3 heteroatoms. The van der Waals surface area contributed by atoms with Crippen molar-refractivity contribution in [3.8, 4) is 11.1 Å². The van der Waals surface area contributed by atoms with E-state index in [0.717, 1.165) is 0 Å². The van der Waals surface area contributed by atoms with E-state index < -0.39 is 0 Å². The molecule has 3 aliphatic rings. The second kappa shape index (κ2) is 5.81. The van der Waals surface area contributed by atoms with Gasteiger partial charge in [-0.3, -0.25) is 0 Å². The third kappa shape index (κ3) is 2.34. The normalized spacial score (nSPS) is 29.7. The fourth-order valence-corrected chi connectivity index (χ4v) is 7.80. The monoisotopic (exact) mass is 676 g/mol. The Labute approximate surface area is 196 Å². The SMILES string of the molecule is CC1=CC2C(C=C1)c1cc3c(cc1C2(I)I)-c1ccc(C)cc1C3(C)I. The summed E-state index contributed by atoms with van der Waals surface area (Å²) < 4.78 is 0.163. The van der Waals surface area contributed by atoms with E-state index in [9.17, 15) is 0 Å². The van der Waals surface area contributed by atoms with Crippen molar-refractivity contribution < 1.29 is 0 Å². The number of halogens is 3. The highest BCUT2D eigenvalue weighted by Crippen LogP contribution is 2.64. The first-order valence-corrected chi connectivity index (χ1v) is 12.2. The summed E-state index contributed by atoms with van der Waals surface area (Å²) in [7, 11) is 0. The van der Waals surface area contributed by atoms with Crippen molar-refractivity contribution >= 4 is 67.8 Å². The van der Waals surface area contributed by atoms with Crippen molar-refractivity contribution in [2.75, 3.05) is 0 Å². The van der Waals surface area contributed by atoms with Gasteiger partial charge in [-0.2, -0.15) is 0 Å². The molecule has 3 atom stereocenters. The fraction of sp³-hybridized carbons (Fsp3) is 0.304. The number of aryl methyl sites for hydroxylation is 1. The zero-order valence-corrected chi connectivity index (χ0v) is 21.4. The molecule has 0 amide bonds. The van der Waals surface area contributed by atoms with Crippen molar-refractivity contribution in [2.45, 2.75) is 31.5 Å². The molecule has 0 aliphatic heterocycles. The van der Waals surface area contributed by atoms with E-state index in [4.69, 9.17) is 0 Å². The maximum Gasteiger partial charge on any atom is 0.106 e. The second-order valence-electron chi connectivity index (χ2n) is 7.98. The van der Waals surface area contributed by atoms with Crippen LogP contribution in [-0.2, 0) is 4.85 Å². The highest BCUT2D eigenvalue weighted by Gasteiger charge is 2.50. The number of rotatable bonds is 0. The van der Waals surface area contributed by atoms with Crippen LogP contribution in [0.4, 0.5) is 0 Å². The largest absolute Gasteiger partial charge is 0.106 e. The number of fused-ring (bicyclic) bond motifs is 6. The van der Waals surface area contributed by atoms with Crippen LogP contribution >= 0.6 is 67.8 Å². The molecule has 0 saturated carbocycles. The Balaban J connectivity index is 1.79. The van der Waals surface area contributed by atoms with E-state index in [1.807, 2.05) is 0 Å². The number of benzene rings is 2. The Morgan fingerprint density at radius 1 is 0.885 bits per heavy atom. The summed E-state index contributed by atoms with van der Waals surface area (Å²) >= 11 is 8.03. The molecule has 0 heterocycles. The molecule has 0 saturated heterocycles. The molecular formula is C23H19I3. The van der Waals surface area contributed by atoms with Crippen LogP contribution in [0.2, 0.25) is 0 Å². The van der Waals surface area contributed by atoms with E-state index >= 15 is 0 Å².